The van der Waals surface area contributed by atoms with Crippen LogP contribution < -0.4 is 4.74 Å². The Morgan fingerprint density at radius 3 is 2.30 bits per heavy atom. The number of aromatic nitrogens is 4. The fourth-order valence-electron chi connectivity index (χ4n) is 6.13. The predicted octanol–water partition coefficient (Wildman–Crippen LogP) is 9.27. The summed E-state index contributed by atoms with van der Waals surface area (Å²) in [6.07, 6.45) is 1.85. The molecule has 3 aromatic heterocycles. The maximum absolute atomic E-state index is 6.39. The molecule has 0 aliphatic heterocycles. The van der Waals surface area contributed by atoms with E-state index in [9.17, 15) is 0 Å². The van der Waals surface area contributed by atoms with E-state index in [4.69, 9.17) is 9.84 Å². The summed E-state index contributed by atoms with van der Waals surface area (Å²) in [5, 5.41) is 7.19. The van der Waals surface area contributed by atoms with Gasteiger partial charge >= 0.3 is 20.4 Å². The minimum absolute atomic E-state index is 0. The molecule has 0 radical (unpaired) electrons. The summed E-state index contributed by atoms with van der Waals surface area (Å²) in [5.74, 6) is 2.06. The van der Waals surface area contributed by atoms with Gasteiger partial charge in [0.2, 0.25) is 0 Å². The number of ether oxygens (including phenoxy) is 1. The summed E-state index contributed by atoms with van der Waals surface area (Å²) in [5.41, 5.74) is 12.3. The summed E-state index contributed by atoms with van der Waals surface area (Å²) >= 11 is 0. The van der Waals surface area contributed by atoms with E-state index in [-0.39, 0.29) is 20.4 Å². The van der Waals surface area contributed by atoms with Crippen LogP contribution in [0.15, 0.2) is 85.1 Å². The number of para-hydroxylation sites is 1. The van der Waals surface area contributed by atoms with Gasteiger partial charge in [-0.15, -0.1) is 35.7 Å². The molecule has 0 spiro atoms. The van der Waals surface area contributed by atoms with Gasteiger partial charge in [0.15, 0.2) is 0 Å². The van der Waals surface area contributed by atoms with Crippen molar-refractivity contribution in [2.45, 2.75) is 41.5 Å². The van der Waals surface area contributed by atoms with E-state index in [2.05, 4.69) is 112 Å². The number of pyridine rings is 1. The molecule has 0 aliphatic rings. The fourth-order valence-corrected chi connectivity index (χ4v) is 6.13. The predicted molar refractivity (Wildman–Crippen MR) is 174 cm³/mol. The molecule has 7 aromatic rings. The first kappa shape index (κ1) is 29.6. The monoisotopic (exact) mass is 666 g/mol. The third kappa shape index (κ3) is 4.95. The number of hydrogen-bond acceptors (Lipinski definition) is 3. The van der Waals surface area contributed by atoms with Crippen LogP contribution in [-0.4, -0.2) is 19.3 Å². The largest absolute Gasteiger partial charge is 2.00 e. The molecule has 4 aromatic carbocycles. The van der Waals surface area contributed by atoms with Crippen molar-refractivity contribution in [1.82, 2.24) is 19.3 Å². The molecular formula is C38H32N4OPd. The molecule has 0 aliphatic carbocycles. The Balaban J connectivity index is 0.00000343. The van der Waals surface area contributed by atoms with Gasteiger partial charge in [-0.25, -0.2) is 4.98 Å². The van der Waals surface area contributed by atoms with Crippen LogP contribution in [-0.2, 0) is 20.4 Å². The Labute approximate surface area is 271 Å². The first-order chi connectivity index (χ1) is 20.8. The zero-order chi connectivity index (χ0) is 29.8. The summed E-state index contributed by atoms with van der Waals surface area (Å²) in [7, 11) is 0. The van der Waals surface area contributed by atoms with Crippen molar-refractivity contribution < 1.29 is 25.2 Å². The van der Waals surface area contributed by atoms with E-state index in [1.165, 1.54) is 27.8 Å². The van der Waals surface area contributed by atoms with E-state index in [1.807, 2.05) is 41.2 Å². The van der Waals surface area contributed by atoms with Crippen molar-refractivity contribution in [3.05, 3.63) is 131 Å². The van der Waals surface area contributed by atoms with Crippen molar-refractivity contribution in [2.24, 2.45) is 0 Å². The van der Waals surface area contributed by atoms with Crippen molar-refractivity contribution in [1.29, 1.82) is 0 Å². The quantitative estimate of drug-likeness (QED) is 0.136. The summed E-state index contributed by atoms with van der Waals surface area (Å²) in [6, 6.07) is 33.8. The van der Waals surface area contributed by atoms with Crippen LogP contribution in [0, 0.1) is 53.7 Å². The zero-order valence-corrected chi connectivity index (χ0v) is 27.2. The van der Waals surface area contributed by atoms with Gasteiger partial charge in [-0.2, -0.15) is 17.2 Å². The molecule has 0 amide bonds. The van der Waals surface area contributed by atoms with Gasteiger partial charge in [-0.1, -0.05) is 35.8 Å². The molecule has 0 saturated carbocycles. The normalized spacial score (nSPS) is 11.2. The molecule has 0 bridgehead atoms. The van der Waals surface area contributed by atoms with Crippen molar-refractivity contribution >= 4 is 21.8 Å². The van der Waals surface area contributed by atoms with Gasteiger partial charge in [-0.3, -0.25) is 4.68 Å². The average molecular weight is 667 g/mol. The number of nitrogens with zero attached hydrogens (tertiary/aromatic N) is 4. The Kier molecular flexibility index (Phi) is 7.75. The van der Waals surface area contributed by atoms with Gasteiger partial charge in [0.1, 0.15) is 5.82 Å². The van der Waals surface area contributed by atoms with Crippen LogP contribution in [0.2, 0.25) is 0 Å². The van der Waals surface area contributed by atoms with Crippen LogP contribution in [0.4, 0.5) is 0 Å². The fraction of sp³-hybridized carbons (Fsp3) is 0.158. The second-order valence-electron chi connectivity index (χ2n) is 11.3. The Hall–Kier alpha value is -4.50. The standard InChI is InChI=1S/C38H32N4O.Pd/c1-23-18-19-39-36(20-23)41-34-13-8-7-12-32(34)33-17-16-31(22-35(33)41)43-30-11-9-10-29(21-30)42-28(6)38(27(5)40-42)37-25(3)15-14-24(2)26(37)4;/h7-20H,1-6H3;/q-2;+2. The number of aryl methyl sites for hydroxylation is 4. The Morgan fingerprint density at radius 1 is 0.705 bits per heavy atom. The number of hydrogen-bond donors (Lipinski definition) is 0. The van der Waals surface area contributed by atoms with E-state index in [0.29, 0.717) is 11.5 Å². The average Bonchev–Trinajstić information content (AvgIpc) is 3.48. The second kappa shape index (κ2) is 11.5. The summed E-state index contributed by atoms with van der Waals surface area (Å²) < 4.78 is 10.5. The molecule has 5 nitrogen and oxygen atoms in total. The van der Waals surface area contributed by atoms with Crippen molar-refractivity contribution in [2.75, 3.05) is 0 Å². The minimum atomic E-state index is 0. The molecule has 0 atom stereocenters. The molecule has 220 valence electrons. The van der Waals surface area contributed by atoms with E-state index < -0.39 is 0 Å². The van der Waals surface area contributed by atoms with Crippen molar-refractivity contribution in [3.63, 3.8) is 0 Å². The molecular weight excluding hydrogens is 635 g/mol. The number of benzene rings is 4. The van der Waals surface area contributed by atoms with Crippen LogP contribution >= 0.6 is 0 Å². The third-order valence-electron chi connectivity index (χ3n) is 8.37. The maximum atomic E-state index is 6.39. The first-order valence-electron chi connectivity index (χ1n) is 14.5. The van der Waals surface area contributed by atoms with Gasteiger partial charge in [0.25, 0.3) is 0 Å². The van der Waals surface area contributed by atoms with E-state index in [0.717, 1.165) is 50.3 Å². The summed E-state index contributed by atoms with van der Waals surface area (Å²) in [6.45, 7) is 12.8. The molecule has 6 heteroatoms. The van der Waals surface area contributed by atoms with Gasteiger partial charge in [-0.05, 0) is 98.6 Å². The Bertz CT molecular complexity index is 2190. The molecule has 44 heavy (non-hydrogen) atoms. The van der Waals surface area contributed by atoms with Crippen LogP contribution in [0.25, 0.3) is 44.4 Å². The van der Waals surface area contributed by atoms with Gasteiger partial charge in [0.05, 0.1) is 5.69 Å². The van der Waals surface area contributed by atoms with Crippen LogP contribution in [0.1, 0.15) is 33.6 Å². The zero-order valence-electron chi connectivity index (χ0n) is 25.6. The third-order valence-corrected chi connectivity index (χ3v) is 8.37. The van der Waals surface area contributed by atoms with Crippen LogP contribution in [0.5, 0.6) is 11.5 Å². The Morgan fingerprint density at radius 2 is 1.48 bits per heavy atom. The molecule has 0 fully saturated rings. The molecule has 3 heterocycles. The smallest absolute Gasteiger partial charge is 0.509 e. The number of rotatable bonds is 5. The van der Waals surface area contributed by atoms with Gasteiger partial charge in [0, 0.05) is 34.5 Å². The number of fused-ring (bicyclic) bond motifs is 3. The van der Waals surface area contributed by atoms with E-state index in [1.54, 1.807) is 0 Å². The molecule has 0 N–H and O–H groups in total. The molecule has 7 rings (SSSR count). The van der Waals surface area contributed by atoms with E-state index >= 15 is 0 Å². The maximum Gasteiger partial charge on any atom is 2.00 e. The molecule has 0 unspecified atom stereocenters. The summed E-state index contributed by atoms with van der Waals surface area (Å²) in [4.78, 5) is 4.68. The van der Waals surface area contributed by atoms with Gasteiger partial charge < -0.3 is 9.30 Å². The topological polar surface area (TPSA) is 44.9 Å². The SMILES string of the molecule is Cc1ccnc(-n2c3[c-]c(Oc4[c-]c(-n5nc(C)c(-c6c(C)ccc(C)c6C)c5C)ccc4)ccc3c3ccccc32)c1.[Pd+2]. The van der Waals surface area contributed by atoms with Crippen LogP contribution in [0.3, 0.4) is 0 Å². The second-order valence-corrected chi connectivity index (χ2v) is 11.3. The van der Waals surface area contributed by atoms with Crippen molar-refractivity contribution in [3.8, 4) is 34.1 Å². The molecule has 0 saturated heterocycles. The first-order valence-corrected chi connectivity index (χ1v) is 14.5. The minimum Gasteiger partial charge on any atom is -0.509 e.